The Kier molecular flexibility index (Phi) is 6.07. The van der Waals surface area contributed by atoms with Gasteiger partial charge >= 0.3 is 0 Å². The zero-order chi connectivity index (χ0) is 17.5. The van der Waals surface area contributed by atoms with E-state index in [4.69, 9.17) is 14.2 Å². The van der Waals surface area contributed by atoms with Gasteiger partial charge in [-0.25, -0.2) is 0 Å². The lowest BCUT2D eigenvalue weighted by molar-refractivity contribution is 0.0950. The molecule has 5 nitrogen and oxygen atoms in total. The molecule has 0 aromatic heterocycles. The molecule has 0 unspecified atom stereocenters. The van der Waals surface area contributed by atoms with E-state index < -0.39 is 0 Å². The van der Waals surface area contributed by atoms with E-state index in [0.717, 1.165) is 16.9 Å². The summed E-state index contributed by atoms with van der Waals surface area (Å²) in [7, 11) is 4.77. The van der Waals surface area contributed by atoms with E-state index in [1.165, 1.54) is 0 Å². The van der Waals surface area contributed by atoms with Crippen molar-refractivity contribution in [3.8, 4) is 17.2 Å². The van der Waals surface area contributed by atoms with Crippen LogP contribution in [0.3, 0.4) is 0 Å². The minimum absolute atomic E-state index is 0.194. The molecule has 0 aliphatic heterocycles. The molecule has 1 amide bonds. The predicted molar refractivity (Wildman–Crippen MR) is 93.3 cm³/mol. The van der Waals surface area contributed by atoms with Crippen molar-refractivity contribution < 1.29 is 19.0 Å². The zero-order valence-corrected chi connectivity index (χ0v) is 14.5. The first-order chi connectivity index (χ1) is 11.6. The van der Waals surface area contributed by atoms with Gasteiger partial charge in [-0.05, 0) is 42.7 Å². The van der Waals surface area contributed by atoms with Crippen molar-refractivity contribution in [2.75, 3.05) is 27.9 Å². The molecule has 0 fully saturated rings. The van der Waals surface area contributed by atoms with Gasteiger partial charge < -0.3 is 19.5 Å². The lowest BCUT2D eigenvalue weighted by atomic mass is 10.1. The monoisotopic (exact) mass is 329 g/mol. The maximum Gasteiger partial charge on any atom is 0.255 e. The average Bonchev–Trinajstić information content (AvgIpc) is 2.61. The van der Waals surface area contributed by atoms with Gasteiger partial charge in [0.2, 0.25) is 0 Å². The molecular formula is C19H23NO4. The van der Waals surface area contributed by atoms with Crippen molar-refractivity contribution in [1.82, 2.24) is 5.32 Å². The second kappa shape index (κ2) is 8.24. The highest BCUT2D eigenvalue weighted by atomic mass is 16.5. The van der Waals surface area contributed by atoms with E-state index in [9.17, 15) is 4.79 Å². The van der Waals surface area contributed by atoms with Gasteiger partial charge in [0.1, 0.15) is 17.2 Å². The third kappa shape index (κ3) is 3.98. The quantitative estimate of drug-likeness (QED) is 0.848. The number of methoxy groups -OCH3 is 3. The third-order valence-electron chi connectivity index (χ3n) is 3.83. The van der Waals surface area contributed by atoms with Gasteiger partial charge in [0.25, 0.3) is 5.91 Å². The third-order valence-corrected chi connectivity index (χ3v) is 3.83. The van der Waals surface area contributed by atoms with Crippen LogP contribution >= 0.6 is 0 Å². The number of hydrogen-bond acceptors (Lipinski definition) is 4. The van der Waals surface area contributed by atoms with Crippen molar-refractivity contribution in [2.24, 2.45) is 0 Å². The van der Waals surface area contributed by atoms with Crippen molar-refractivity contribution >= 4 is 5.91 Å². The Bertz CT molecular complexity index is 713. The first-order valence-electron chi connectivity index (χ1n) is 7.73. The van der Waals surface area contributed by atoms with Crippen LogP contribution in [0.15, 0.2) is 36.4 Å². The number of nitrogens with one attached hydrogen (secondary N) is 1. The summed E-state index contributed by atoms with van der Waals surface area (Å²) in [5, 5.41) is 2.91. The van der Waals surface area contributed by atoms with Crippen LogP contribution in [0.2, 0.25) is 0 Å². The van der Waals surface area contributed by atoms with Gasteiger partial charge in [-0.15, -0.1) is 0 Å². The fourth-order valence-electron chi connectivity index (χ4n) is 2.54. The number of rotatable bonds is 7. The Morgan fingerprint density at radius 3 is 2.29 bits per heavy atom. The Balaban J connectivity index is 2.07. The van der Waals surface area contributed by atoms with Crippen LogP contribution in [0, 0.1) is 6.92 Å². The molecule has 0 spiro atoms. The summed E-state index contributed by atoms with van der Waals surface area (Å²) >= 11 is 0. The molecule has 0 radical (unpaired) electrons. The Hall–Kier alpha value is -2.69. The molecule has 0 saturated heterocycles. The highest BCUT2D eigenvalue weighted by molar-refractivity contribution is 5.97. The number of carbonyl (C=O) groups excluding carboxylic acids is 1. The molecule has 2 aromatic carbocycles. The smallest absolute Gasteiger partial charge is 0.255 e. The normalized spacial score (nSPS) is 10.2. The van der Waals surface area contributed by atoms with Crippen LogP contribution in [0.4, 0.5) is 0 Å². The maximum absolute atomic E-state index is 12.5. The van der Waals surface area contributed by atoms with Crippen LogP contribution in [-0.4, -0.2) is 33.8 Å². The highest BCUT2D eigenvalue weighted by Gasteiger charge is 2.15. The summed E-state index contributed by atoms with van der Waals surface area (Å²) in [5.41, 5.74) is 2.42. The molecule has 1 N–H and O–H groups in total. The molecule has 0 aliphatic carbocycles. The SMILES string of the molecule is COc1cc(C(=O)NCCc2ccccc2OC)c(OC)cc1C. The first-order valence-corrected chi connectivity index (χ1v) is 7.73. The highest BCUT2D eigenvalue weighted by Crippen LogP contribution is 2.28. The molecule has 24 heavy (non-hydrogen) atoms. The molecule has 0 atom stereocenters. The number of amides is 1. The maximum atomic E-state index is 12.5. The summed E-state index contributed by atoms with van der Waals surface area (Å²) < 4.78 is 15.9. The van der Waals surface area contributed by atoms with Gasteiger partial charge in [0, 0.05) is 6.54 Å². The zero-order valence-electron chi connectivity index (χ0n) is 14.5. The second-order valence-electron chi connectivity index (χ2n) is 5.34. The van der Waals surface area contributed by atoms with Gasteiger partial charge in [0.15, 0.2) is 0 Å². The standard InChI is InChI=1S/C19H23NO4/c1-13-11-18(24-4)15(12-17(13)23-3)19(21)20-10-9-14-7-5-6-8-16(14)22-2/h5-8,11-12H,9-10H2,1-4H3,(H,20,21). The van der Waals surface area contributed by atoms with Crippen LogP contribution < -0.4 is 19.5 Å². The summed E-state index contributed by atoms with van der Waals surface area (Å²) in [5.74, 6) is 1.81. The second-order valence-corrected chi connectivity index (χ2v) is 5.34. The summed E-state index contributed by atoms with van der Waals surface area (Å²) in [6.07, 6.45) is 0.682. The molecule has 0 heterocycles. The van der Waals surface area contributed by atoms with Gasteiger partial charge in [0.05, 0.1) is 26.9 Å². The molecular weight excluding hydrogens is 306 g/mol. The van der Waals surface area contributed by atoms with Crippen LogP contribution in [0.25, 0.3) is 0 Å². The number of aryl methyl sites for hydroxylation is 1. The van der Waals surface area contributed by atoms with Crippen molar-refractivity contribution in [2.45, 2.75) is 13.3 Å². The van der Waals surface area contributed by atoms with E-state index >= 15 is 0 Å². The van der Waals surface area contributed by atoms with Crippen molar-refractivity contribution in [1.29, 1.82) is 0 Å². The molecule has 0 aliphatic rings. The molecule has 2 aromatic rings. The number of para-hydroxylation sites is 1. The van der Waals surface area contributed by atoms with Crippen molar-refractivity contribution in [3.63, 3.8) is 0 Å². The van der Waals surface area contributed by atoms with E-state index in [2.05, 4.69) is 5.32 Å². The Morgan fingerprint density at radius 1 is 0.958 bits per heavy atom. The summed E-state index contributed by atoms with van der Waals surface area (Å²) in [6.45, 7) is 2.41. The lowest BCUT2D eigenvalue weighted by Gasteiger charge is -2.13. The first kappa shape index (κ1) is 17.7. The van der Waals surface area contributed by atoms with E-state index in [1.807, 2.05) is 31.2 Å². The fraction of sp³-hybridized carbons (Fsp3) is 0.316. The summed E-state index contributed by atoms with van der Waals surface area (Å²) in [6, 6.07) is 11.3. The summed E-state index contributed by atoms with van der Waals surface area (Å²) in [4.78, 5) is 12.5. The lowest BCUT2D eigenvalue weighted by Crippen LogP contribution is -2.26. The number of ether oxygens (including phenoxy) is 3. The van der Waals surface area contributed by atoms with Gasteiger partial charge in [-0.2, -0.15) is 0 Å². The molecule has 0 saturated carbocycles. The van der Waals surface area contributed by atoms with E-state index in [1.54, 1.807) is 33.5 Å². The van der Waals surface area contributed by atoms with Crippen LogP contribution in [-0.2, 0) is 6.42 Å². The Labute approximate surface area is 142 Å². The van der Waals surface area contributed by atoms with E-state index in [0.29, 0.717) is 30.0 Å². The van der Waals surface area contributed by atoms with E-state index in [-0.39, 0.29) is 5.91 Å². The van der Waals surface area contributed by atoms with Gasteiger partial charge in [-0.1, -0.05) is 18.2 Å². The number of carbonyl (C=O) groups is 1. The van der Waals surface area contributed by atoms with Gasteiger partial charge in [-0.3, -0.25) is 4.79 Å². The van der Waals surface area contributed by atoms with Crippen LogP contribution in [0.5, 0.6) is 17.2 Å². The predicted octanol–water partition coefficient (Wildman–Crippen LogP) is 2.99. The number of hydrogen-bond donors (Lipinski definition) is 1. The fourth-order valence-corrected chi connectivity index (χ4v) is 2.54. The topological polar surface area (TPSA) is 56.8 Å². The van der Waals surface area contributed by atoms with Crippen LogP contribution in [0.1, 0.15) is 21.5 Å². The molecule has 0 bridgehead atoms. The minimum Gasteiger partial charge on any atom is -0.496 e. The molecule has 128 valence electrons. The largest absolute Gasteiger partial charge is 0.496 e. The molecule has 2 rings (SSSR count). The Morgan fingerprint density at radius 2 is 1.62 bits per heavy atom. The molecule has 5 heteroatoms. The minimum atomic E-state index is -0.194. The van der Waals surface area contributed by atoms with Crippen molar-refractivity contribution in [3.05, 3.63) is 53.1 Å². The average molecular weight is 329 g/mol. The number of benzene rings is 2.